The Hall–Kier alpha value is -1.77. The number of phenols is 1. The second-order valence-corrected chi connectivity index (χ2v) is 8.54. The molecule has 1 aromatic carbocycles. The van der Waals surface area contributed by atoms with E-state index in [4.69, 9.17) is 0 Å². The summed E-state index contributed by atoms with van der Waals surface area (Å²) in [6, 6.07) is 3.83. The van der Waals surface area contributed by atoms with Crippen molar-refractivity contribution in [3.05, 3.63) is 34.4 Å². The molecule has 134 valence electrons. The minimum atomic E-state index is -0.869. The van der Waals surface area contributed by atoms with E-state index in [-0.39, 0.29) is 10.8 Å². The zero-order chi connectivity index (χ0) is 18.7. The molecule has 0 amide bonds. The molecule has 0 aliphatic rings. The van der Waals surface area contributed by atoms with Gasteiger partial charge in [0.2, 0.25) is 0 Å². The maximum absolute atomic E-state index is 11.5. The van der Waals surface area contributed by atoms with Crippen LogP contribution in [-0.4, -0.2) is 16.2 Å². The number of aliphatic carboxylic acids is 1. The second kappa shape index (κ2) is 7.42. The molecule has 1 aromatic rings. The SMILES string of the molecule is CCCCC(=Cc1cc(C(C)(C)C)c(O)c(C(C)(C)C)c1)C(=O)O. The molecule has 24 heavy (non-hydrogen) atoms. The van der Waals surface area contributed by atoms with Crippen molar-refractivity contribution in [3.63, 3.8) is 0 Å². The highest BCUT2D eigenvalue weighted by Crippen LogP contribution is 2.40. The van der Waals surface area contributed by atoms with Gasteiger partial charge in [0.25, 0.3) is 0 Å². The van der Waals surface area contributed by atoms with Crippen molar-refractivity contribution in [1.82, 2.24) is 0 Å². The van der Waals surface area contributed by atoms with E-state index < -0.39 is 5.97 Å². The minimum absolute atomic E-state index is 0.221. The minimum Gasteiger partial charge on any atom is -0.507 e. The highest BCUT2D eigenvalue weighted by molar-refractivity contribution is 5.92. The van der Waals surface area contributed by atoms with Crippen LogP contribution in [0.15, 0.2) is 17.7 Å². The Kier molecular flexibility index (Phi) is 6.26. The van der Waals surface area contributed by atoms with Crippen LogP contribution in [0.1, 0.15) is 84.4 Å². The number of hydrogen-bond donors (Lipinski definition) is 2. The number of benzene rings is 1. The van der Waals surface area contributed by atoms with E-state index in [1.165, 1.54) is 0 Å². The van der Waals surface area contributed by atoms with E-state index in [1.807, 2.05) is 12.1 Å². The zero-order valence-electron chi connectivity index (χ0n) is 16.2. The molecule has 3 nitrogen and oxygen atoms in total. The van der Waals surface area contributed by atoms with Gasteiger partial charge in [0, 0.05) is 16.7 Å². The summed E-state index contributed by atoms with van der Waals surface area (Å²) in [5, 5.41) is 20.2. The van der Waals surface area contributed by atoms with Gasteiger partial charge >= 0.3 is 5.97 Å². The molecule has 0 aromatic heterocycles. The lowest BCUT2D eigenvalue weighted by Crippen LogP contribution is -2.17. The average molecular weight is 332 g/mol. The number of carbonyl (C=O) groups is 1. The number of phenolic OH excluding ortho intramolecular Hbond substituents is 1. The summed E-state index contributed by atoms with van der Waals surface area (Å²) in [7, 11) is 0. The van der Waals surface area contributed by atoms with Crippen molar-refractivity contribution >= 4 is 12.0 Å². The van der Waals surface area contributed by atoms with Gasteiger partial charge in [0.1, 0.15) is 5.75 Å². The first-order chi connectivity index (χ1) is 10.9. The Bertz CT molecular complexity index is 590. The fourth-order valence-electron chi connectivity index (χ4n) is 2.69. The first-order valence-electron chi connectivity index (χ1n) is 8.69. The highest BCUT2D eigenvalue weighted by Gasteiger charge is 2.26. The van der Waals surface area contributed by atoms with Gasteiger partial charge in [-0.15, -0.1) is 0 Å². The fourth-order valence-corrected chi connectivity index (χ4v) is 2.69. The van der Waals surface area contributed by atoms with Crippen molar-refractivity contribution in [2.75, 3.05) is 0 Å². The Balaban J connectivity index is 3.56. The summed E-state index contributed by atoms with van der Waals surface area (Å²) in [5.41, 5.74) is 2.52. The maximum Gasteiger partial charge on any atom is 0.331 e. The monoisotopic (exact) mass is 332 g/mol. The van der Waals surface area contributed by atoms with E-state index in [0.29, 0.717) is 17.7 Å². The Morgan fingerprint density at radius 3 is 1.83 bits per heavy atom. The zero-order valence-corrected chi connectivity index (χ0v) is 16.2. The van der Waals surface area contributed by atoms with E-state index in [9.17, 15) is 15.0 Å². The quantitative estimate of drug-likeness (QED) is 0.685. The Morgan fingerprint density at radius 2 is 1.50 bits per heavy atom. The molecule has 1 rings (SSSR count). The third kappa shape index (κ3) is 5.12. The predicted molar refractivity (Wildman–Crippen MR) is 101 cm³/mol. The summed E-state index contributed by atoms with van der Waals surface area (Å²) >= 11 is 0. The molecule has 0 saturated heterocycles. The van der Waals surface area contributed by atoms with Crippen LogP contribution in [0.3, 0.4) is 0 Å². The van der Waals surface area contributed by atoms with Crippen LogP contribution in [0.2, 0.25) is 0 Å². The van der Waals surface area contributed by atoms with Gasteiger partial charge in [0.15, 0.2) is 0 Å². The first-order valence-corrected chi connectivity index (χ1v) is 8.69. The standard InChI is InChI=1S/C21H32O3/c1-8-9-10-15(19(23)24)11-14-12-16(20(2,3)4)18(22)17(13-14)21(5,6)7/h11-13,22H,8-10H2,1-7H3,(H,23,24). The third-order valence-electron chi connectivity index (χ3n) is 4.16. The summed E-state index contributed by atoms with van der Waals surface area (Å²) < 4.78 is 0. The van der Waals surface area contributed by atoms with Gasteiger partial charge in [-0.1, -0.05) is 54.9 Å². The van der Waals surface area contributed by atoms with E-state index in [2.05, 4.69) is 48.5 Å². The first kappa shape index (κ1) is 20.3. The molecule has 0 bridgehead atoms. The van der Waals surface area contributed by atoms with Crippen molar-refractivity contribution in [2.24, 2.45) is 0 Å². The topological polar surface area (TPSA) is 57.5 Å². The normalized spacial score (nSPS) is 13.2. The number of unbranched alkanes of at least 4 members (excludes halogenated alkanes) is 1. The molecule has 0 saturated carbocycles. The summed E-state index contributed by atoms with van der Waals surface area (Å²) in [4.78, 5) is 11.5. The van der Waals surface area contributed by atoms with Gasteiger partial charge in [-0.25, -0.2) is 4.79 Å². The lowest BCUT2D eigenvalue weighted by atomic mass is 9.78. The Morgan fingerprint density at radius 1 is 1.04 bits per heavy atom. The van der Waals surface area contributed by atoms with Crippen LogP contribution in [0.4, 0.5) is 0 Å². The lowest BCUT2D eigenvalue weighted by molar-refractivity contribution is -0.132. The van der Waals surface area contributed by atoms with E-state index in [1.54, 1.807) is 6.08 Å². The molecule has 0 heterocycles. The molecular formula is C21H32O3. The molecule has 2 N–H and O–H groups in total. The number of carboxylic acid groups (broad SMARTS) is 1. The Labute approximate surface area is 146 Å². The van der Waals surface area contributed by atoms with Crippen LogP contribution >= 0.6 is 0 Å². The molecule has 0 aliphatic carbocycles. The maximum atomic E-state index is 11.5. The van der Waals surface area contributed by atoms with Gasteiger partial charge in [0.05, 0.1) is 0 Å². The summed E-state index contributed by atoms with van der Waals surface area (Å²) in [6.45, 7) is 14.4. The molecule has 0 spiro atoms. The average Bonchev–Trinajstić information content (AvgIpc) is 2.41. The predicted octanol–water partition coefficient (Wildman–Crippen LogP) is 5.65. The molecule has 0 radical (unpaired) electrons. The molecular weight excluding hydrogens is 300 g/mol. The summed E-state index contributed by atoms with van der Waals surface area (Å²) in [6.07, 6.45) is 4.12. The molecule has 0 atom stereocenters. The number of rotatable bonds is 5. The van der Waals surface area contributed by atoms with Crippen LogP contribution in [0.5, 0.6) is 5.75 Å². The van der Waals surface area contributed by atoms with Crippen LogP contribution in [0.25, 0.3) is 6.08 Å². The van der Waals surface area contributed by atoms with Crippen molar-refractivity contribution in [1.29, 1.82) is 0 Å². The molecule has 3 heteroatoms. The lowest BCUT2D eigenvalue weighted by Gasteiger charge is -2.28. The van der Waals surface area contributed by atoms with Crippen LogP contribution < -0.4 is 0 Å². The van der Waals surface area contributed by atoms with Crippen molar-refractivity contribution in [3.8, 4) is 5.75 Å². The number of carboxylic acids is 1. The largest absolute Gasteiger partial charge is 0.507 e. The number of hydrogen-bond acceptors (Lipinski definition) is 2. The number of aromatic hydroxyl groups is 1. The van der Waals surface area contributed by atoms with Gasteiger partial charge in [-0.2, -0.15) is 0 Å². The van der Waals surface area contributed by atoms with Crippen LogP contribution in [-0.2, 0) is 15.6 Å². The second-order valence-electron chi connectivity index (χ2n) is 8.54. The fraction of sp³-hybridized carbons (Fsp3) is 0.571. The molecule has 0 aliphatic heterocycles. The van der Waals surface area contributed by atoms with E-state index in [0.717, 1.165) is 29.5 Å². The van der Waals surface area contributed by atoms with Crippen LogP contribution in [0, 0.1) is 0 Å². The van der Waals surface area contributed by atoms with Gasteiger partial charge in [-0.05, 0) is 47.4 Å². The van der Waals surface area contributed by atoms with E-state index >= 15 is 0 Å². The van der Waals surface area contributed by atoms with Gasteiger partial charge < -0.3 is 10.2 Å². The summed E-state index contributed by atoms with van der Waals surface area (Å²) in [5.74, 6) is -0.552. The molecule has 0 unspecified atom stereocenters. The smallest absolute Gasteiger partial charge is 0.331 e. The van der Waals surface area contributed by atoms with Gasteiger partial charge in [-0.3, -0.25) is 0 Å². The molecule has 0 fully saturated rings. The van der Waals surface area contributed by atoms with Crippen molar-refractivity contribution < 1.29 is 15.0 Å². The third-order valence-corrected chi connectivity index (χ3v) is 4.16. The van der Waals surface area contributed by atoms with Crippen molar-refractivity contribution in [2.45, 2.75) is 78.6 Å². The highest BCUT2D eigenvalue weighted by atomic mass is 16.4.